The van der Waals surface area contributed by atoms with E-state index in [-0.39, 0.29) is 5.91 Å². The van der Waals surface area contributed by atoms with E-state index in [0.717, 1.165) is 55.8 Å². The first kappa shape index (κ1) is 23.9. The number of carbonyl (C=O) groups is 1. The number of carbonyl (C=O) groups excluding carboxylic acids is 1. The first-order valence-corrected chi connectivity index (χ1v) is 13.2. The number of anilines is 1. The molecular weight excluding hydrogens is 408 g/mol. The number of aromatic nitrogens is 1. The molecule has 33 heavy (non-hydrogen) atoms. The summed E-state index contributed by atoms with van der Waals surface area (Å²) in [5.74, 6) is -0.306. The van der Waals surface area contributed by atoms with Crippen molar-refractivity contribution in [3.05, 3.63) is 41.2 Å². The molecule has 0 bridgehead atoms. The van der Waals surface area contributed by atoms with Gasteiger partial charge >= 0.3 is 0 Å². The van der Waals surface area contributed by atoms with E-state index in [1.807, 2.05) is 0 Å². The van der Waals surface area contributed by atoms with Crippen LogP contribution in [0.25, 0.3) is 11.1 Å². The van der Waals surface area contributed by atoms with Crippen molar-refractivity contribution in [2.75, 3.05) is 37.6 Å². The molecule has 0 spiro atoms. The minimum absolute atomic E-state index is 0.306. The van der Waals surface area contributed by atoms with Crippen molar-refractivity contribution in [1.82, 2.24) is 9.47 Å². The van der Waals surface area contributed by atoms with Crippen LogP contribution in [0.15, 0.2) is 24.3 Å². The highest BCUT2D eigenvalue weighted by molar-refractivity contribution is 6.02. The Balaban J connectivity index is 1.68. The van der Waals surface area contributed by atoms with Crippen molar-refractivity contribution in [1.29, 1.82) is 0 Å². The Morgan fingerprint density at radius 2 is 1.58 bits per heavy atom. The molecule has 5 nitrogen and oxygen atoms in total. The van der Waals surface area contributed by atoms with Gasteiger partial charge in [0.1, 0.15) is 0 Å². The second-order valence-electron chi connectivity index (χ2n) is 9.90. The molecule has 0 radical (unpaired) electrons. The van der Waals surface area contributed by atoms with Gasteiger partial charge in [-0.1, -0.05) is 38.3 Å². The summed E-state index contributed by atoms with van der Waals surface area (Å²) in [5, 5.41) is 0. The van der Waals surface area contributed by atoms with Crippen molar-refractivity contribution in [2.45, 2.75) is 78.2 Å². The van der Waals surface area contributed by atoms with Crippen molar-refractivity contribution < 1.29 is 4.79 Å². The van der Waals surface area contributed by atoms with Gasteiger partial charge in [-0.05, 0) is 76.2 Å². The van der Waals surface area contributed by atoms with Crippen LogP contribution in [0.4, 0.5) is 5.69 Å². The van der Waals surface area contributed by atoms with E-state index in [1.54, 1.807) is 0 Å². The van der Waals surface area contributed by atoms with Gasteiger partial charge in [0.15, 0.2) is 0 Å². The van der Waals surface area contributed by atoms with Crippen LogP contribution in [0.5, 0.6) is 0 Å². The monoisotopic (exact) mass is 450 g/mol. The van der Waals surface area contributed by atoms with Crippen LogP contribution >= 0.6 is 0 Å². The van der Waals surface area contributed by atoms with Crippen LogP contribution in [0.2, 0.25) is 0 Å². The molecule has 4 rings (SSSR count). The summed E-state index contributed by atoms with van der Waals surface area (Å²) in [6.45, 7) is 11.0. The van der Waals surface area contributed by atoms with Gasteiger partial charge in [0.25, 0.3) is 5.91 Å². The molecule has 1 aromatic heterocycles. The predicted octanol–water partition coefficient (Wildman–Crippen LogP) is 5.38. The number of nitrogens with zero attached hydrogens (tertiary/aromatic N) is 3. The fourth-order valence-corrected chi connectivity index (χ4v) is 5.75. The standard InChI is InChI=1S/C28H42N4O/c1-3-4-6-11-25-27(23-12-14-24(15-13-23)31-18-9-10-19-31)26(28(29)33)22(2)32(25)21-20-30-16-7-5-8-17-30/h12-15H,3-11,16-21H2,1-2H3,(H2,29,33). The summed E-state index contributed by atoms with van der Waals surface area (Å²) >= 11 is 0. The molecule has 0 aliphatic carbocycles. The van der Waals surface area contributed by atoms with Gasteiger partial charge in [0.2, 0.25) is 0 Å². The molecule has 0 saturated carbocycles. The average molecular weight is 451 g/mol. The first-order chi connectivity index (χ1) is 16.1. The molecule has 1 amide bonds. The zero-order valence-electron chi connectivity index (χ0n) is 20.7. The van der Waals surface area contributed by atoms with Gasteiger partial charge < -0.3 is 20.1 Å². The first-order valence-electron chi connectivity index (χ1n) is 13.2. The number of hydrogen-bond donors (Lipinski definition) is 1. The van der Waals surface area contributed by atoms with Crippen molar-refractivity contribution in [3.63, 3.8) is 0 Å². The molecule has 2 aliphatic heterocycles. The molecule has 2 aromatic rings. The molecule has 2 aliphatic rings. The van der Waals surface area contributed by atoms with Crippen molar-refractivity contribution in [2.24, 2.45) is 5.73 Å². The number of benzene rings is 1. The van der Waals surface area contributed by atoms with Gasteiger partial charge in [0, 0.05) is 48.8 Å². The SMILES string of the molecule is CCCCCc1c(-c2ccc(N3CCCC3)cc2)c(C(N)=O)c(C)n1CCN1CCCCC1. The Kier molecular flexibility index (Phi) is 8.13. The van der Waals surface area contributed by atoms with Crippen molar-refractivity contribution in [3.8, 4) is 11.1 Å². The van der Waals surface area contributed by atoms with Crippen LogP contribution < -0.4 is 10.6 Å². The third kappa shape index (κ3) is 5.46. The molecule has 2 fully saturated rings. The summed E-state index contributed by atoms with van der Waals surface area (Å²) in [7, 11) is 0. The lowest BCUT2D eigenvalue weighted by Crippen LogP contribution is -2.33. The Labute approximate surface area is 199 Å². The van der Waals surface area contributed by atoms with E-state index in [9.17, 15) is 4.79 Å². The summed E-state index contributed by atoms with van der Waals surface area (Å²) in [4.78, 5) is 17.7. The van der Waals surface area contributed by atoms with E-state index < -0.39 is 0 Å². The Bertz CT molecular complexity index is 918. The van der Waals surface area contributed by atoms with E-state index in [4.69, 9.17) is 5.73 Å². The smallest absolute Gasteiger partial charge is 0.251 e. The molecule has 0 unspecified atom stereocenters. The van der Waals surface area contributed by atoms with Crippen LogP contribution in [0, 0.1) is 6.92 Å². The van der Waals surface area contributed by atoms with Crippen LogP contribution in [0.1, 0.15) is 80.0 Å². The molecule has 3 heterocycles. The maximum absolute atomic E-state index is 12.7. The summed E-state index contributed by atoms with van der Waals surface area (Å²) in [6, 6.07) is 8.85. The lowest BCUT2D eigenvalue weighted by molar-refractivity contribution is 0.1000. The molecule has 2 saturated heterocycles. The number of unbranched alkanes of at least 4 members (excludes halogenated alkanes) is 2. The van der Waals surface area contributed by atoms with Gasteiger partial charge in [-0.15, -0.1) is 0 Å². The van der Waals surface area contributed by atoms with Gasteiger partial charge in [0.05, 0.1) is 5.56 Å². The van der Waals surface area contributed by atoms with E-state index >= 15 is 0 Å². The van der Waals surface area contributed by atoms with Gasteiger partial charge in [-0.25, -0.2) is 0 Å². The number of hydrogen-bond acceptors (Lipinski definition) is 3. The second kappa shape index (κ2) is 11.2. The molecule has 180 valence electrons. The highest BCUT2D eigenvalue weighted by Crippen LogP contribution is 2.35. The van der Waals surface area contributed by atoms with E-state index in [2.05, 4.69) is 52.5 Å². The minimum Gasteiger partial charge on any atom is -0.372 e. The van der Waals surface area contributed by atoms with Gasteiger partial charge in [-0.2, -0.15) is 0 Å². The number of piperidine rings is 1. The number of rotatable bonds is 10. The summed E-state index contributed by atoms with van der Waals surface area (Å²) in [6.07, 6.45) is 11.0. The number of amides is 1. The quantitative estimate of drug-likeness (QED) is 0.494. The molecular formula is C28H42N4O. The highest BCUT2D eigenvalue weighted by atomic mass is 16.1. The lowest BCUT2D eigenvalue weighted by atomic mass is 9.97. The maximum Gasteiger partial charge on any atom is 0.251 e. The third-order valence-corrected chi connectivity index (χ3v) is 7.61. The normalized spacial score (nSPS) is 17.1. The van der Waals surface area contributed by atoms with E-state index in [1.165, 1.54) is 69.4 Å². The Hall–Kier alpha value is -2.27. The maximum atomic E-state index is 12.7. The zero-order chi connectivity index (χ0) is 23.2. The topological polar surface area (TPSA) is 54.5 Å². The fraction of sp³-hybridized carbons (Fsp3) is 0.607. The molecule has 0 atom stereocenters. The van der Waals surface area contributed by atoms with Crippen LogP contribution in [-0.2, 0) is 13.0 Å². The lowest BCUT2D eigenvalue weighted by Gasteiger charge is -2.27. The van der Waals surface area contributed by atoms with Crippen LogP contribution in [0.3, 0.4) is 0 Å². The Morgan fingerprint density at radius 3 is 2.21 bits per heavy atom. The number of primary amides is 1. The largest absolute Gasteiger partial charge is 0.372 e. The summed E-state index contributed by atoms with van der Waals surface area (Å²) in [5.41, 5.74) is 12.5. The van der Waals surface area contributed by atoms with Crippen LogP contribution in [-0.4, -0.2) is 48.1 Å². The van der Waals surface area contributed by atoms with Crippen molar-refractivity contribution >= 4 is 11.6 Å². The second-order valence-corrected chi connectivity index (χ2v) is 9.90. The fourth-order valence-electron chi connectivity index (χ4n) is 5.75. The Morgan fingerprint density at radius 1 is 0.909 bits per heavy atom. The van der Waals surface area contributed by atoms with E-state index in [0.29, 0.717) is 5.56 Å². The zero-order valence-corrected chi connectivity index (χ0v) is 20.7. The number of nitrogens with two attached hydrogens (primary N) is 1. The number of likely N-dealkylation sites (tertiary alicyclic amines) is 1. The summed E-state index contributed by atoms with van der Waals surface area (Å²) < 4.78 is 2.41. The molecule has 5 heteroatoms. The minimum atomic E-state index is -0.306. The highest BCUT2D eigenvalue weighted by Gasteiger charge is 2.25. The third-order valence-electron chi connectivity index (χ3n) is 7.61. The predicted molar refractivity (Wildman–Crippen MR) is 138 cm³/mol. The van der Waals surface area contributed by atoms with Gasteiger partial charge in [-0.3, -0.25) is 4.79 Å². The average Bonchev–Trinajstić information content (AvgIpc) is 3.46. The molecule has 1 aromatic carbocycles. The molecule has 2 N–H and O–H groups in total.